The molecule has 52 heavy (non-hydrogen) atoms. The number of hydrogen-bond donors (Lipinski definition) is 9. The maximum Gasteiger partial charge on any atom is 0.334 e. The zero-order valence-electron chi connectivity index (χ0n) is 31.4. The molecule has 12 nitrogen and oxygen atoms in total. The smallest absolute Gasteiger partial charge is 0.334 e. The lowest BCUT2D eigenvalue weighted by Gasteiger charge is -2.40. The summed E-state index contributed by atoms with van der Waals surface area (Å²) in [5.74, 6) is -2.27. The fraction of sp³-hybridized carbons (Fsp3) is 0.725. The Kier molecular flexibility index (Phi) is 20.8. The molecule has 0 aromatic heterocycles. The number of hydrogen-bond acceptors (Lipinski definition) is 12. The molecule has 2 aliphatic heterocycles. The fourth-order valence-electron chi connectivity index (χ4n) is 7.02. The maximum absolute atomic E-state index is 12.8. The molecule has 2 heterocycles. The summed E-state index contributed by atoms with van der Waals surface area (Å²) in [6.45, 7) is 7.57. The average Bonchev–Trinajstić information content (AvgIpc) is 3.01. The molecule has 0 aromatic rings. The summed E-state index contributed by atoms with van der Waals surface area (Å²) in [6.07, 6.45) is 7.27. The molecule has 2 bridgehead atoms. The van der Waals surface area contributed by atoms with E-state index in [-0.39, 0.29) is 69.3 Å². The summed E-state index contributed by atoms with van der Waals surface area (Å²) in [7, 11) is 0. The Morgan fingerprint density at radius 3 is 1.60 bits per heavy atom. The van der Waals surface area contributed by atoms with Gasteiger partial charge in [-0.3, -0.25) is 0 Å². The van der Waals surface area contributed by atoms with Crippen molar-refractivity contribution in [1.29, 1.82) is 0 Å². The van der Waals surface area contributed by atoms with Crippen LogP contribution in [0.15, 0.2) is 60.3 Å². The van der Waals surface area contributed by atoms with Crippen LogP contribution >= 0.6 is 0 Å². The van der Waals surface area contributed by atoms with Crippen molar-refractivity contribution in [2.75, 3.05) is 0 Å². The van der Waals surface area contributed by atoms with Crippen LogP contribution in [-0.2, 0) is 14.3 Å². The molecular formula is C40H66O12. The average molecular weight is 739 g/mol. The molecule has 298 valence electrons. The molecule has 9 N–H and O–H groups in total. The molecule has 1 saturated heterocycles. The van der Waals surface area contributed by atoms with Crippen molar-refractivity contribution >= 4 is 5.97 Å². The Hall–Kier alpha value is -2.23. The normalized spacial score (nSPS) is 38.3. The van der Waals surface area contributed by atoms with Crippen LogP contribution in [0.25, 0.3) is 0 Å². The van der Waals surface area contributed by atoms with E-state index in [4.69, 9.17) is 9.47 Å². The van der Waals surface area contributed by atoms with E-state index in [1.54, 1.807) is 31.2 Å². The van der Waals surface area contributed by atoms with Gasteiger partial charge in [-0.2, -0.15) is 0 Å². The first-order valence-corrected chi connectivity index (χ1v) is 18.8. The number of esters is 1. The first-order chi connectivity index (χ1) is 24.5. The number of carbonyl (C=O) groups is 1. The zero-order valence-corrected chi connectivity index (χ0v) is 31.4. The number of fused-ring (bicyclic) bond motifs is 2. The Morgan fingerprint density at radius 1 is 0.635 bits per heavy atom. The van der Waals surface area contributed by atoms with Crippen LogP contribution in [0.2, 0.25) is 0 Å². The number of aliphatic hydroxyl groups is 9. The lowest BCUT2D eigenvalue weighted by atomic mass is 9.89. The molecular weight excluding hydrogens is 672 g/mol. The predicted molar refractivity (Wildman–Crippen MR) is 197 cm³/mol. The minimum atomic E-state index is -1.80. The standard InChI is InChI=1S/C40H66O12/c1-26(2)38-27(3)15-16-29(41)17-30(42)18-31(43)19-32(44)20-33(45)21-34(46)22-35(47)24-40(50)25-36(48)23-37(52-40)14-12-10-8-6-5-7-9-11-13-28(4)39(49)51-38/h5-13,26-27,29-38,41-48,50H,14-25H2,1-4H3/t27-,29-,30-,31-,32?,33+,34-,35+,36-,37+,38-,40-/m0/s1. The molecule has 1 fully saturated rings. The Bertz CT molecular complexity index is 1180. The highest BCUT2D eigenvalue weighted by Crippen LogP contribution is 2.33. The molecule has 0 saturated carbocycles. The van der Waals surface area contributed by atoms with Gasteiger partial charge in [0, 0.05) is 24.8 Å². The molecule has 0 aliphatic carbocycles. The monoisotopic (exact) mass is 738 g/mol. The first-order valence-electron chi connectivity index (χ1n) is 18.8. The molecule has 1 unspecified atom stereocenters. The van der Waals surface area contributed by atoms with E-state index in [0.29, 0.717) is 31.3 Å². The maximum atomic E-state index is 12.8. The second-order valence-electron chi connectivity index (χ2n) is 15.3. The third-order valence-corrected chi connectivity index (χ3v) is 9.58. The molecule has 2 rings (SSSR count). The quantitative estimate of drug-likeness (QED) is 0.178. The van der Waals surface area contributed by atoms with Crippen molar-refractivity contribution < 1.29 is 60.2 Å². The van der Waals surface area contributed by atoms with Crippen molar-refractivity contribution in [3.05, 3.63) is 60.3 Å². The number of allylic oxidation sites excluding steroid dienone is 8. The van der Waals surface area contributed by atoms with Gasteiger partial charge < -0.3 is 55.4 Å². The van der Waals surface area contributed by atoms with E-state index < -0.39 is 66.7 Å². The van der Waals surface area contributed by atoms with Gasteiger partial charge >= 0.3 is 5.97 Å². The zero-order chi connectivity index (χ0) is 38.8. The molecule has 12 atom stereocenters. The number of cyclic esters (lactones) is 1. The van der Waals surface area contributed by atoms with Crippen LogP contribution in [0.3, 0.4) is 0 Å². The number of aliphatic hydroxyl groups excluding tert-OH is 8. The van der Waals surface area contributed by atoms with E-state index in [1.165, 1.54) is 0 Å². The summed E-state index contributed by atoms with van der Waals surface area (Å²) >= 11 is 0. The SMILES string of the molecule is CC1=CC=CC=CC=CC=CC[C@@H]2C[C@H](O)C[C@](O)(C[C@H](O)C[C@@H](O)C[C@H](O)CC(O)C[C@@H](O)C[C@@H](O)C[C@@H](O)CC[C@H](C)[C@H](C(C)C)OC1=O)O2. The van der Waals surface area contributed by atoms with Crippen LogP contribution in [0.1, 0.15) is 105 Å². The van der Waals surface area contributed by atoms with Crippen LogP contribution < -0.4 is 0 Å². The summed E-state index contributed by atoms with van der Waals surface area (Å²) in [5, 5.41) is 95.0. The van der Waals surface area contributed by atoms with Crippen LogP contribution in [0, 0.1) is 11.8 Å². The number of rotatable bonds is 1. The third kappa shape index (κ3) is 18.7. The third-order valence-electron chi connectivity index (χ3n) is 9.58. The van der Waals surface area contributed by atoms with E-state index >= 15 is 0 Å². The van der Waals surface area contributed by atoms with Crippen molar-refractivity contribution in [2.24, 2.45) is 11.8 Å². The number of carbonyl (C=O) groups excluding carboxylic acids is 1. The highest BCUT2D eigenvalue weighted by Gasteiger charge is 2.41. The summed E-state index contributed by atoms with van der Waals surface area (Å²) in [6, 6.07) is 0. The van der Waals surface area contributed by atoms with Crippen molar-refractivity contribution in [2.45, 2.75) is 172 Å². The van der Waals surface area contributed by atoms with Gasteiger partial charge in [-0.05, 0) is 76.5 Å². The van der Waals surface area contributed by atoms with Crippen LogP contribution in [-0.4, -0.2) is 119 Å². The van der Waals surface area contributed by atoms with Gasteiger partial charge in [0.05, 0.1) is 54.9 Å². The van der Waals surface area contributed by atoms with Crippen LogP contribution in [0.4, 0.5) is 0 Å². The minimum absolute atomic E-state index is 0.0120. The predicted octanol–water partition coefficient (Wildman–Crippen LogP) is 3.03. The van der Waals surface area contributed by atoms with Gasteiger partial charge in [0.1, 0.15) is 6.10 Å². The Labute approximate surface area is 309 Å². The molecule has 2 aliphatic rings. The highest BCUT2D eigenvalue weighted by molar-refractivity contribution is 5.88. The minimum Gasteiger partial charge on any atom is -0.458 e. The topological polar surface area (TPSA) is 218 Å². The second-order valence-corrected chi connectivity index (χ2v) is 15.3. The van der Waals surface area contributed by atoms with Gasteiger partial charge in [0.25, 0.3) is 0 Å². The Morgan fingerprint density at radius 2 is 1.08 bits per heavy atom. The highest BCUT2D eigenvalue weighted by atomic mass is 16.6. The van der Waals surface area contributed by atoms with E-state index in [2.05, 4.69) is 0 Å². The van der Waals surface area contributed by atoms with E-state index in [1.807, 2.05) is 51.2 Å². The lowest BCUT2D eigenvalue weighted by Crippen LogP contribution is -2.48. The largest absolute Gasteiger partial charge is 0.458 e. The number of ether oxygens (including phenoxy) is 2. The van der Waals surface area contributed by atoms with Gasteiger partial charge in [-0.25, -0.2) is 4.79 Å². The fourth-order valence-corrected chi connectivity index (χ4v) is 7.02. The molecule has 0 amide bonds. The van der Waals surface area contributed by atoms with E-state index in [9.17, 15) is 50.8 Å². The van der Waals surface area contributed by atoms with Crippen molar-refractivity contribution in [3.8, 4) is 0 Å². The molecule has 12 heteroatoms. The summed E-state index contributed by atoms with van der Waals surface area (Å²) < 4.78 is 11.7. The van der Waals surface area contributed by atoms with E-state index in [0.717, 1.165) is 0 Å². The van der Waals surface area contributed by atoms with Gasteiger partial charge in [-0.1, -0.05) is 75.5 Å². The second kappa shape index (κ2) is 23.5. The molecule has 0 radical (unpaired) electrons. The molecule has 0 spiro atoms. The summed E-state index contributed by atoms with van der Waals surface area (Å²) in [4.78, 5) is 12.8. The van der Waals surface area contributed by atoms with Crippen molar-refractivity contribution in [1.82, 2.24) is 0 Å². The summed E-state index contributed by atoms with van der Waals surface area (Å²) in [5.41, 5.74) is 0.438. The first kappa shape index (κ1) is 45.9. The lowest BCUT2D eigenvalue weighted by molar-refractivity contribution is -0.282. The van der Waals surface area contributed by atoms with Gasteiger partial charge in [-0.15, -0.1) is 0 Å². The van der Waals surface area contributed by atoms with Gasteiger partial charge in [0.2, 0.25) is 0 Å². The van der Waals surface area contributed by atoms with Crippen LogP contribution in [0.5, 0.6) is 0 Å². The Balaban J connectivity index is 2.13. The molecule has 0 aromatic carbocycles. The van der Waals surface area contributed by atoms with Crippen molar-refractivity contribution in [3.63, 3.8) is 0 Å². The van der Waals surface area contributed by atoms with Gasteiger partial charge in [0.15, 0.2) is 5.79 Å².